The molecule has 16 heteroatoms. The number of fused-ring (bicyclic) bond motifs is 1. The number of nitrogen functional groups attached to an aromatic ring is 1. The number of aromatic nitrogens is 4. The number of halogens is 2. The van der Waals surface area contributed by atoms with Crippen LogP contribution in [0.4, 0.5) is 14.6 Å². The van der Waals surface area contributed by atoms with Crippen molar-refractivity contribution in [2.24, 2.45) is 0 Å². The van der Waals surface area contributed by atoms with Crippen molar-refractivity contribution < 1.29 is 36.8 Å². The topological polar surface area (TPSA) is 152 Å². The van der Waals surface area contributed by atoms with Gasteiger partial charge in [0.2, 0.25) is 0 Å². The number of hydrogen-bond donors (Lipinski definition) is 1. The van der Waals surface area contributed by atoms with Crippen molar-refractivity contribution in [3.05, 3.63) is 108 Å². The molecule has 3 heterocycles. The number of nitrogens with zero attached hydrogens (tertiary/aromatic N) is 6. The predicted octanol–water partition coefficient (Wildman–Crippen LogP) is 7.47. The molecule has 0 amide bonds. The fourth-order valence-corrected chi connectivity index (χ4v) is 8.72. The van der Waals surface area contributed by atoms with E-state index in [1.165, 1.54) is 10.9 Å². The van der Waals surface area contributed by atoms with E-state index in [4.69, 9.17) is 33.7 Å². The first-order valence-corrected chi connectivity index (χ1v) is 19.3. The summed E-state index contributed by atoms with van der Waals surface area (Å²) in [5.41, 5.74) is 7.05. The molecule has 3 aromatic carbocycles. The number of ether oxygens (including phenoxy) is 4. The summed E-state index contributed by atoms with van der Waals surface area (Å²) in [7, 11) is 1.26. The van der Waals surface area contributed by atoms with Crippen molar-refractivity contribution in [1.82, 2.24) is 24.2 Å². The Morgan fingerprint density at radius 1 is 0.929 bits per heavy atom. The molecular formula is C40H46F2N7O6P. The van der Waals surface area contributed by atoms with Gasteiger partial charge in [0.25, 0.3) is 8.53 Å². The van der Waals surface area contributed by atoms with Crippen molar-refractivity contribution >= 4 is 25.5 Å². The maximum atomic E-state index is 17.3. The average molecular weight is 790 g/mol. The third-order valence-corrected chi connectivity index (χ3v) is 11.6. The molecule has 5 atom stereocenters. The highest BCUT2D eigenvalue weighted by Gasteiger charge is 2.51. The molecule has 1 saturated heterocycles. The van der Waals surface area contributed by atoms with Gasteiger partial charge in [-0.1, -0.05) is 54.6 Å². The molecule has 2 N–H and O–H groups in total. The monoisotopic (exact) mass is 789 g/mol. The Labute approximate surface area is 326 Å². The molecule has 6 rings (SSSR count). The second-order valence-electron chi connectivity index (χ2n) is 13.6. The van der Waals surface area contributed by atoms with Gasteiger partial charge >= 0.3 is 6.08 Å². The largest absolute Gasteiger partial charge is 0.497 e. The lowest BCUT2D eigenvalue weighted by atomic mass is 9.80. The van der Waals surface area contributed by atoms with Gasteiger partial charge in [0.1, 0.15) is 29.3 Å². The number of benzene rings is 3. The summed E-state index contributed by atoms with van der Waals surface area (Å²) in [6.07, 6.45) is -5.29. The van der Waals surface area contributed by atoms with Crippen LogP contribution >= 0.6 is 8.53 Å². The number of anilines is 1. The molecule has 3 unspecified atom stereocenters. The molecular weight excluding hydrogens is 743 g/mol. The number of methoxy groups -OCH3 is 2. The molecule has 0 aliphatic carbocycles. The van der Waals surface area contributed by atoms with Gasteiger partial charge in [-0.15, -0.1) is 0 Å². The van der Waals surface area contributed by atoms with E-state index in [1.54, 1.807) is 14.2 Å². The van der Waals surface area contributed by atoms with Crippen LogP contribution in [0.15, 0.2) is 85.2 Å². The zero-order valence-electron chi connectivity index (χ0n) is 32.1. The molecule has 0 radical (unpaired) electrons. The molecule has 5 aromatic rings. The van der Waals surface area contributed by atoms with Crippen molar-refractivity contribution in [1.29, 1.82) is 5.26 Å². The number of nitrogens with two attached hydrogens (primary N) is 1. The van der Waals surface area contributed by atoms with Crippen molar-refractivity contribution in [2.75, 3.05) is 33.2 Å². The van der Waals surface area contributed by atoms with E-state index < -0.39 is 44.8 Å². The van der Waals surface area contributed by atoms with E-state index in [0.29, 0.717) is 11.5 Å². The summed E-state index contributed by atoms with van der Waals surface area (Å²) < 4.78 is 72.7. The number of hydrogen-bond acceptors (Lipinski definition) is 12. The molecule has 1 fully saturated rings. The van der Waals surface area contributed by atoms with Crippen molar-refractivity contribution in [2.45, 2.75) is 76.4 Å². The highest BCUT2D eigenvalue weighted by molar-refractivity contribution is 7.44. The quantitative estimate of drug-likeness (QED) is 0.0431. The molecule has 1 aliphatic rings. The van der Waals surface area contributed by atoms with Gasteiger partial charge in [-0.3, -0.25) is 4.57 Å². The first-order chi connectivity index (χ1) is 27.0. The van der Waals surface area contributed by atoms with E-state index in [9.17, 15) is 9.65 Å². The molecule has 296 valence electrons. The summed E-state index contributed by atoms with van der Waals surface area (Å²) in [4.78, 5) is 11.7. The van der Waals surface area contributed by atoms with Gasteiger partial charge in [-0.25, -0.2) is 14.0 Å². The maximum Gasteiger partial charge on any atom is 0.312 e. The van der Waals surface area contributed by atoms with Crippen LogP contribution < -0.4 is 15.2 Å². The number of imidazole rings is 1. The zero-order chi connectivity index (χ0) is 40.0. The number of alkyl halides is 1. The lowest BCUT2D eigenvalue weighted by Gasteiger charge is -2.39. The van der Waals surface area contributed by atoms with Crippen molar-refractivity contribution in [3.8, 4) is 17.6 Å². The predicted molar refractivity (Wildman–Crippen MR) is 207 cm³/mol. The minimum Gasteiger partial charge on any atom is -0.497 e. The normalized spacial score (nSPS) is 19.2. The zero-order valence-corrected chi connectivity index (χ0v) is 33.0. The van der Waals surface area contributed by atoms with E-state index in [1.807, 2.05) is 111 Å². The van der Waals surface area contributed by atoms with E-state index in [0.717, 1.165) is 16.7 Å². The van der Waals surface area contributed by atoms with Gasteiger partial charge < -0.3 is 33.7 Å². The van der Waals surface area contributed by atoms with Crippen LogP contribution in [0.5, 0.6) is 11.5 Å². The summed E-state index contributed by atoms with van der Waals surface area (Å²) >= 11 is 0. The van der Waals surface area contributed by atoms with E-state index in [2.05, 4.69) is 21.0 Å². The first kappa shape index (κ1) is 40.8. The standard InChI is InChI=1S/C40H46F2N7O6P/c1-25(2)49(26(3)4)56(53-22-10-21-43)55-35-32(54-38(33(35)41)48-24-45-34-36(44)46-39(42)47-37(34)48)23-52-40(27-11-8-7-9-12-27,28-13-17-30(50-5)18-14-28)29-15-19-31(51-6)20-16-29/h7-9,11-20,24-26,32-33,35,38H,10,22-23H2,1-6H3,(H2,44,46,47)/t32-,33?,35?,38-,56?/m1/s1. The summed E-state index contributed by atoms with van der Waals surface area (Å²) in [5, 5.41) is 9.31. The van der Waals surface area contributed by atoms with Crippen LogP contribution in [0.1, 0.15) is 57.0 Å². The lowest BCUT2D eigenvalue weighted by Crippen LogP contribution is -2.41. The van der Waals surface area contributed by atoms with Gasteiger partial charge in [0.15, 0.2) is 29.4 Å². The van der Waals surface area contributed by atoms with Crippen LogP contribution in [-0.2, 0) is 24.1 Å². The third kappa shape index (κ3) is 8.32. The van der Waals surface area contributed by atoms with Crippen LogP contribution in [0.3, 0.4) is 0 Å². The van der Waals surface area contributed by atoms with Crippen LogP contribution in [-0.4, -0.2) is 82.1 Å². The second kappa shape index (κ2) is 18.0. The maximum absolute atomic E-state index is 17.3. The molecule has 1 aliphatic heterocycles. The fourth-order valence-electron chi connectivity index (χ4n) is 6.95. The summed E-state index contributed by atoms with van der Waals surface area (Å²) in [6, 6.07) is 26.7. The molecule has 2 aromatic heterocycles. The Balaban J connectivity index is 1.47. The Kier molecular flexibility index (Phi) is 13.1. The first-order valence-electron chi connectivity index (χ1n) is 18.2. The SMILES string of the molecule is COc1ccc(C(OC[C@H]2O[C@@H](n3cnc4c(N)nc(F)nc43)C(F)C2OP(OCCC#N)N(C(C)C)C(C)C)(c2ccccc2)c2ccc(OC)cc2)cc1. The Bertz CT molecular complexity index is 2030. The van der Waals surface area contributed by atoms with Gasteiger partial charge in [0.05, 0.1) is 46.3 Å². The average Bonchev–Trinajstić information content (AvgIpc) is 3.75. The van der Waals surface area contributed by atoms with Gasteiger partial charge in [-0.2, -0.15) is 19.6 Å². The van der Waals surface area contributed by atoms with Gasteiger partial charge in [0, 0.05) is 12.1 Å². The molecule has 13 nitrogen and oxygen atoms in total. The lowest BCUT2D eigenvalue weighted by molar-refractivity contribution is -0.0919. The number of rotatable bonds is 17. The Morgan fingerprint density at radius 3 is 2.07 bits per heavy atom. The Hall–Kier alpha value is -4.81. The summed E-state index contributed by atoms with van der Waals surface area (Å²) in [6.45, 7) is 7.83. The third-order valence-electron chi connectivity index (χ3n) is 9.47. The second-order valence-corrected chi connectivity index (χ2v) is 15.0. The molecule has 56 heavy (non-hydrogen) atoms. The minimum atomic E-state index is -1.93. The minimum absolute atomic E-state index is 0.0448. The van der Waals surface area contributed by atoms with E-state index >= 15 is 4.39 Å². The molecule has 0 bridgehead atoms. The van der Waals surface area contributed by atoms with Crippen LogP contribution in [0.25, 0.3) is 11.2 Å². The molecule has 0 saturated carbocycles. The Morgan fingerprint density at radius 2 is 1.52 bits per heavy atom. The summed E-state index contributed by atoms with van der Waals surface area (Å²) in [5.74, 6) is 1.11. The smallest absolute Gasteiger partial charge is 0.312 e. The van der Waals surface area contributed by atoms with Crippen LogP contribution in [0, 0.1) is 17.4 Å². The van der Waals surface area contributed by atoms with E-state index in [-0.39, 0.29) is 48.7 Å². The molecule has 0 spiro atoms. The van der Waals surface area contributed by atoms with Crippen molar-refractivity contribution in [3.63, 3.8) is 0 Å². The van der Waals surface area contributed by atoms with Crippen LogP contribution in [0.2, 0.25) is 0 Å². The fraction of sp³-hybridized carbons (Fsp3) is 0.400. The highest BCUT2D eigenvalue weighted by atomic mass is 31.2. The number of nitriles is 1. The highest BCUT2D eigenvalue weighted by Crippen LogP contribution is 2.51. The van der Waals surface area contributed by atoms with Gasteiger partial charge in [-0.05, 0) is 68.7 Å².